The second kappa shape index (κ2) is 5.53. The van der Waals surface area contributed by atoms with Crippen LogP contribution in [0.2, 0.25) is 0 Å². The number of methoxy groups -OCH3 is 1. The van der Waals surface area contributed by atoms with Crippen molar-refractivity contribution in [2.75, 3.05) is 7.11 Å². The summed E-state index contributed by atoms with van der Waals surface area (Å²) in [6, 6.07) is 4.50. The lowest BCUT2D eigenvalue weighted by molar-refractivity contribution is 0.00578. The monoisotopic (exact) mass is 331 g/mol. The zero-order valence-corrected chi connectivity index (χ0v) is 14.3. The van der Waals surface area contributed by atoms with E-state index >= 15 is 0 Å². The van der Waals surface area contributed by atoms with Gasteiger partial charge in [0.15, 0.2) is 0 Å². The second-order valence-electron chi connectivity index (χ2n) is 6.84. The maximum absolute atomic E-state index is 14.5. The fourth-order valence-electron chi connectivity index (χ4n) is 2.64. The second-order valence-corrected chi connectivity index (χ2v) is 6.84. The molecule has 0 saturated carbocycles. The van der Waals surface area contributed by atoms with Crippen LogP contribution in [-0.2, 0) is 14.0 Å². The Kier molecular flexibility index (Phi) is 3.88. The molecule has 0 aliphatic carbocycles. The minimum absolute atomic E-state index is 0.109. The number of hydrogen-bond acceptors (Lipinski definition) is 5. The standard InChI is InChI=1S/C17H19BFNO4/c1-16(2)17(3,4)24-18(23-16)10-8-12-11(15(21)22-5)6-7-20-14(12)13(19)9-10/h6-9H,1-5H3. The van der Waals surface area contributed by atoms with Gasteiger partial charge in [-0.15, -0.1) is 0 Å². The maximum Gasteiger partial charge on any atom is 0.494 e. The Morgan fingerprint density at radius 2 is 1.83 bits per heavy atom. The zero-order chi connectivity index (χ0) is 17.7. The minimum atomic E-state index is -0.723. The fraction of sp³-hybridized carbons (Fsp3) is 0.412. The lowest BCUT2D eigenvalue weighted by Gasteiger charge is -2.32. The molecule has 0 amide bonds. The molecule has 0 spiro atoms. The van der Waals surface area contributed by atoms with Crippen LogP contribution >= 0.6 is 0 Å². The predicted octanol–water partition coefficient (Wildman–Crippen LogP) is 2.46. The number of aromatic nitrogens is 1. The molecule has 126 valence electrons. The van der Waals surface area contributed by atoms with Crippen molar-refractivity contribution in [3.05, 3.63) is 35.8 Å². The van der Waals surface area contributed by atoms with Gasteiger partial charge in [0.1, 0.15) is 11.3 Å². The molecule has 5 nitrogen and oxygen atoms in total. The molecule has 1 fully saturated rings. The number of halogens is 1. The Balaban J connectivity index is 2.13. The summed E-state index contributed by atoms with van der Waals surface area (Å²) in [6.45, 7) is 7.69. The number of rotatable bonds is 2. The average molecular weight is 331 g/mol. The number of fused-ring (bicyclic) bond motifs is 1. The number of benzene rings is 1. The van der Waals surface area contributed by atoms with Gasteiger partial charge in [0.2, 0.25) is 0 Å². The Bertz CT molecular complexity index is 806. The molecular formula is C17H19BFNO4. The van der Waals surface area contributed by atoms with Crippen molar-refractivity contribution in [1.29, 1.82) is 0 Å². The lowest BCUT2D eigenvalue weighted by Crippen LogP contribution is -2.41. The molecule has 1 aromatic carbocycles. The van der Waals surface area contributed by atoms with E-state index in [1.807, 2.05) is 27.7 Å². The van der Waals surface area contributed by atoms with Crippen molar-refractivity contribution in [3.8, 4) is 0 Å². The van der Waals surface area contributed by atoms with E-state index in [1.165, 1.54) is 25.4 Å². The highest BCUT2D eigenvalue weighted by atomic mass is 19.1. The molecule has 0 N–H and O–H groups in total. The summed E-state index contributed by atoms with van der Waals surface area (Å²) >= 11 is 0. The normalized spacial score (nSPS) is 18.8. The molecule has 7 heteroatoms. The van der Waals surface area contributed by atoms with Crippen LogP contribution in [0.3, 0.4) is 0 Å². The molecule has 1 aromatic heterocycles. The molecular weight excluding hydrogens is 312 g/mol. The van der Waals surface area contributed by atoms with Gasteiger partial charge in [-0.25, -0.2) is 9.18 Å². The van der Waals surface area contributed by atoms with E-state index in [4.69, 9.17) is 14.0 Å². The van der Waals surface area contributed by atoms with Gasteiger partial charge >= 0.3 is 13.1 Å². The third-order valence-corrected chi connectivity index (χ3v) is 4.75. The van der Waals surface area contributed by atoms with Gasteiger partial charge in [0.25, 0.3) is 0 Å². The maximum atomic E-state index is 14.5. The first-order valence-electron chi connectivity index (χ1n) is 7.68. The summed E-state index contributed by atoms with van der Waals surface area (Å²) < 4.78 is 31.2. The van der Waals surface area contributed by atoms with Crippen molar-refractivity contribution < 1.29 is 23.2 Å². The highest BCUT2D eigenvalue weighted by Gasteiger charge is 2.51. The van der Waals surface area contributed by atoms with Gasteiger partial charge < -0.3 is 14.0 Å². The average Bonchev–Trinajstić information content (AvgIpc) is 2.74. The van der Waals surface area contributed by atoms with Gasteiger partial charge in [0, 0.05) is 11.6 Å². The van der Waals surface area contributed by atoms with Crippen LogP contribution in [0.15, 0.2) is 24.4 Å². The largest absolute Gasteiger partial charge is 0.494 e. The first kappa shape index (κ1) is 16.9. The van der Waals surface area contributed by atoms with E-state index in [1.54, 1.807) is 6.07 Å². The van der Waals surface area contributed by atoms with Crippen LogP contribution < -0.4 is 5.46 Å². The highest BCUT2D eigenvalue weighted by Crippen LogP contribution is 2.36. The van der Waals surface area contributed by atoms with E-state index in [2.05, 4.69) is 4.98 Å². The highest BCUT2D eigenvalue weighted by molar-refractivity contribution is 6.62. The minimum Gasteiger partial charge on any atom is -0.465 e. The Morgan fingerprint density at radius 3 is 2.42 bits per heavy atom. The van der Waals surface area contributed by atoms with E-state index in [0.29, 0.717) is 10.8 Å². The van der Waals surface area contributed by atoms with E-state index < -0.39 is 30.1 Å². The van der Waals surface area contributed by atoms with Crippen molar-refractivity contribution in [2.24, 2.45) is 0 Å². The van der Waals surface area contributed by atoms with Crippen LogP contribution in [0, 0.1) is 5.82 Å². The molecule has 1 aliphatic heterocycles. The third kappa shape index (κ3) is 2.57. The third-order valence-electron chi connectivity index (χ3n) is 4.75. The van der Waals surface area contributed by atoms with Crippen molar-refractivity contribution >= 4 is 29.5 Å². The lowest BCUT2D eigenvalue weighted by atomic mass is 9.78. The van der Waals surface area contributed by atoms with Crippen LogP contribution in [0.25, 0.3) is 10.9 Å². The molecule has 0 atom stereocenters. The number of carbonyl (C=O) groups is 1. The molecule has 24 heavy (non-hydrogen) atoms. The summed E-state index contributed by atoms with van der Waals surface area (Å²) in [6.07, 6.45) is 1.38. The first-order chi connectivity index (χ1) is 11.2. The van der Waals surface area contributed by atoms with E-state index in [0.717, 1.165) is 0 Å². The number of esters is 1. The summed E-state index contributed by atoms with van der Waals surface area (Å²) in [5, 5.41) is 0.370. The summed E-state index contributed by atoms with van der Waals surface area (Å²) in [5.74, 6) is -1.09. The van der Waals surface area contributed by atoms with Gasteiger partial charge in [-0.2, -0.15) is 0 Å². The molecule has 2 aromatic rings. The van der Waals surface area contributed by atoms with Crippen LogP contribution in [-0.4, -0.2) is 36.4 Å². The predicted molar refractivity (Wildman–Crippen MR) is 88.8 cm³/mol. The number of ether oxygens (including phenoxy) is 1. The summed E-state index contributed by atoms with van der Waals surface area (Å²) in [7, 11) is 0.558. The SMILES string of the molecule is COC(=O)c1ccnc2c(F)cc(B3OC(C)(C)C(C)(C)O3)cc12. The van der Waals surface area contributed by atoms with E-state index in [-0.39, 0.29) is 11.1 Å². The van der Waals surface area contributed by atoms with Gasteiger partial charge in [-0.1, -0.05) is 6.07 Å². The van der Waals surface area contributed by atoms with Crippen molar-refractivity contribution in [3.63, 3.8) is 0 Å². The van der Waals surface area contributed by atoms with E-state index in [9.17, 15) is 9.18 Å². The van der Waals surface area contributed by atoms with Gasteiger partial charge in [-0.3, -0.25) is 4.98 Å². The molecule has 1 saturated heterocycles. The number of hydrogen-bond donors (Lipinski definition) is 0. The van der Waals surface area contributed by atoms with Gasteiger partial charge in [-0.05, 0) is 45.3 Å². The number of nitrogens with zero attached hydrogens (tertiary/aromatic N) is 1. The molecule has 2 heterocycles. The number of pyridine rings is 1. The van der Waals surface area contributed by atoms with Crippen LogP contribution in [0.1, 0.15) is 38.1 Å². The van der Waals surface area contributed by atoms with Crippen molar-refractivity contribution in [1.82, 2.24) is 4.98 Å². The molecule has 0 unspecified atom stereocenters. The molecule has 1 aliphatic rings. The quantitative estimate of drug-likeness (QED) is 0.625. The smallest absolute Gasteiger partial charge is 0.465 e. The summed E-state index contributed by atoms with van der Waals surface area (Å²) in [4.78, 5) is 16.0. The summed E-state index contributed by atoms with van der Waals surface area (Å²) in [5.41, 5.74) is -0.221. The Morgan fingerprint density at radius 1 is 1.21 bits per heavy atom. The molecule has 3 rings (SSSR count). The number of carbonyl (C=O) groups excluding carboxylic acids is 1. The van der Waals surface area contributed by atoms with Crippen LogP contribution in [0.5, 0.6) is 0 Å². The van der Waals surface area contributed by atoms with Crippen LogP contribution in [0.4, 0.5) is 4.39 Å². The van der Waals surface area contributed by atoms with Gasteiger partial charge in [0.05, 0.1) is 23.9 Å². The van der Waals surface area contributed by atoms with Crippen molar-refractivity contribution in [2.45, 2.75) is 38.9 Å². The zero-order valence-electron chi connectivity index (χ0n) is 14.3. The molecule has 0 radical (unpaired) electrons. The Hall–Kier alpha value is -1.99. The first-order valence-corrected chi connectivity index (χ1v) is 7.68. The molecule has 0 bridgehead atoms. The topological polar surface area (TPSA) is 57.7 Å². The Labute approximate surface area is 140 Å². The fourth-order valence-corrected chi connectivity index (χ4v) is 2.64.